The van der Waals surface area contributed by atoms with E-state index in [1.54, 1.807) is 56.9 Å². The Balaban J connectivity index is 2.56. The van der Waals surface area contributed by atoms with Crippen LogP contribution < -0.4 is 10.6 Å². The van der Waals surface area contributed by atoms with Gasteiger partial charge in [0, 0.05) is 19.5 Å². The first kappa shape index (κ1) is 35.4. The van der Waals surface area contributed by atoms with E-state index in [-0.39, 0.29) is 23.8 Å². The first-order valence-corrected chi connectivity index (χ1v) is 15.5. The maximum Gasteiger partial charge on any atom is 0.408 e. The molecule has 238 valence electrons. The van der Waals surface area contributed by atoms with Crippen LogP contribution in [0.2, 0.25) is 0 Å². The van der Waals surface area contributed by atoms with Gasteiger partial charge in [-0.15, -0.1) is 0 Å². The highest BCUT2D eigenvalue weighted by Crippen LogP contribution is 2.28. The second-order valence-corrected chi connectivity index (χ2v) is 12.1. The van der Waals surface area contributed by atoms with Crippen LogP contribution in [0.3, 0.4) is 0 Å². The average molecular weight is 598 g/mol. The van der Waals surface area contributed by atoms with Crippen molar-refractivity contribution in [2.24, 2.45) is 0 Å². The van der Waals surface area contributed by atoms with E-state index in [9.17, 15) is 24.6 Å². The molecule has 0 radical (unpaired) electrons. The number of carbonyl (C=O) groups excluding carboxylic acids is 3. The minimum Gasteiger partial charge on any atom is -0.508 e. The van der Waals surface area contributed by atoms with E-state index in [1.165, 1.54) is 18.2 Å². The molecule has 0 aliphatic heterocycles. The second kappa shape index (κ2) is 17.4. The molecule has 2 unspecified atom stereocenters. The molecule has 0 saturated carbocycles. The highest BCUT2D eigenvalue weighted by atomic mass is 16.6. The van der Waals surface area contributed by atoms with E-state index < -0.39 is 29.7 Å². The summed E-state index contributed by atoms with van der Waals surface area (Å²) in [7, 11) is 0. The molecule has 0 bridgehead atoms. The number of rotatable bonds is 16. The lowest BCUT2D eigenvalue weighted by molar-refractivity contribution is -0.142. The zero-order valence-electron chi connectivity index (χ0n) is 26.7. The number of ether oxygens (including phenoxy) is 1. The molecule has 2 rings (SSSR count). The molecular weight excluding hydrogens is 546 g/mol. The van der Waals surface area contributed by atoms with Crippen LogP contribution in [0, 0.1) is 6.92 Å². The molecule has 0 spiro atoms. The molecule has 0 fully saturated rings. The highest BCUT2D eigenvalue weighted by molar-refractivity contribution is 5.92. The van der Waals surface area contributed by atoms with Crippen LogP contribution in [0.4, 0.5) is 4.79 Å². The summed E-state index contributed by atoms with van der Waals surface area (Å²) in [5, 5.41) is 25.7. The SMILES string of the molecule is CCCCCCCN(C(=O)C(Cc1ccc(O)cc1)NC(=O)OC(C)(C)C)C(C(=O)NCCCC)c1ccc(O)c(C)c1. The number of aryl methyl sites for hydroxylation is 1. The van der Waals surface area contributed by atoms with Gasteiger partial charge in [0.25, 0.3) is 0 Å². The van der Waals surface area contributed by atoms with Gasteiger partial charge in [-0.25, -0.2) is 4.79 Å². The largest absolute Gasteiger partial charge is 0.508 e. The summed E-state index contributed by atoms with van der Waals surface area (Å²) in [4.78, 5) is 42.8. The third-order valence-electron chi connectivity index (χ3n) is 7.08. The molecule has 0 aliphatic rings. The van der Waals surface area contributed by atoms with Crippen LogP contribution >= 0.6 is 0 Å². The normalized spacial score (nSPS) is 12.7. The van der Waals surface area contributed by atoms with Gasteiger partial charge in [-0.05, 0) is 81.5 Å². The molecule has 0 heterocycles. The van der Waals surface area contributed by atoms with Gasteiger partial charge in [0.15, 0.2) is 0 Å². The molecule has 43 heavy (non-hydrogen) atoms. The molecule has 9 nitrogen and oxygen atoms in total. The number of benzene rings is 2. The topological polar surface area (TPSA) is 128 Å². The van der Waals surface area contributed by atoms with Crippen molar-refractivity contribution in [1.82, 2.24) is 15.5 Å². The van der Waals surface area contributed by atoms with Crippen LogP contribution in [0.5, 0.6) is 11.5 Å². The minimum atomic E-state index is -1.04. The lowest BCUT2D eigenvalue weighted by Crippen LogP contribution is -2.54. The van der Waals surface area contributed by atoms with Crippen molar-refractivity contribution in [3.8, 4) is 11.5 Å². The number of hydrogen-bond donors (Lipinski definition) is 4. The maximum absolute atomic E-state index is 14.5. The van der Waals surface area contributed by atoms with Gasteiger partial charge in [0.1, 0.15) is 29.2 Å². The number of phenolic OH excluding ortho intramolecular Hbond substituents is 2. The van der Waals surface area contributed by atoms with Gasteiger partial charge in [-0.3, -0.25) is 9.59 Å². The van der Waals surface area contributed by atoms with Crippen molar-refractivity contribution in [2.75, 3.05) is 13.1 Å². The lowest BCUT2D eigenvalue weighted by Gasteiger charge is -2.35. The predicted molar refractivity (Wildman–Crippen MR) is 169 cm³/mol. The second-order valence-electron chi connectivity index (χ2n) is 12.1. The molecule has 4 N–H and O–H groups in total. The van der Waals surface area contributed by atoms with E-state index in [1.807, 2.05) is 6.92 Å². The van der Waals surface area contributed by atoms with E-state index in [2.05, 4.69) is 17.6 Å². The number of nitrogens with one attached hydrogen (secondary N) is 2. The van der Waals surface area contributed by atoms with E-state index >= 15 is 0 Å². The Morgan fingerprint density at radius 1 is 0.907 bits per heavy atom. The van der Waals surface area contributed by atoms with Crippen molar-refractivity contribution in [3.63, 3.8) is 0 Å². The minimum absolute atomic E-state index is 0.0898. The number of hydrogen-bond acceptors (Lipinski definition) is 6. The number of unbranched alkanes of at least 4 members (excludes halogenated alkanes) is 5. The van der Waals surface area contributed by atoms with Crippen molar-refractivity contribution in [3.05, 3.63) is 59.2 Å². The summed E-state index contributed by atoms with van der Waals surface area (Å²) in [5.41, 5.74) is 1.11. The van der Waals surface area contributed by atoms with Gasteiger partial charge in [-0.2, -0.15) is 0 Å². The Morgan fingerprint density at radius 2 is 1.56 bits per heavy atom. The van der Waals surface area contributed by atoms with Crippen LogP contribution in [0.25, 0.3) is 0 Å². The molecule has 0 aromatic heterocycles. The lowest BCUT2D eigenvalue weighted by atomic mass is 9.98. The van der Waals surface area contributed by atoms with Gasteiger partial charge in [0.2, 0.25) is 11.8 Å². The molecule has 2 aromatic rings. The molecule has 2 atom stereocenters. The summed E-state index contributed by atoms with van der Waals surface area (Å²) in [6.07, 6.45) is 5.82. The fourth-order valence-corrected chi connectivity index (χ4v) is 4.78. The molecule has 0 saturated heterocycles. The third kappa shape index (κ3) is 12.2. The van der Waals surface area contributed by atoms with Gasteiger partial charge in [0.05, 0.1) is 0 Å². The summed E-state index contributed by atoms with van der Waals surface area (Å²) in [6, 6.07) is 9.36. The monoisotopic (exact) mass is 597 g/mol. The van der Waals surface area contributed by atoms with Crippen molar-refractivity contribution in [1.29, 1.82) is 0 Å². The first-order chi connectivity index (χ1) is 20.4. The Kier molecular flexibility index (Phi) is 14.3. The number of carbonyl (C=O) groups is 3. The first-order valence-electron chi connectivity index (χ1n) is 15.5. The number of amides is 3. The zero-order chi connectivity index (χ0) is 32.0. The van der Waals surface area contributed by atoms with Crippen LogP contribution in [-0.4, -0.2) is 57.8 Å². The number of alkyl carbamates (subject to hydrolysis) is 1. The smallest absolute Gasteiger partial charge is 0.408 e. The predicted octanol–water partition coefficient (Wildman–Crippen LogP) is 6.30. The zero-order valence-corrected chi connectivity index (χ0v) is 26.7. The summed E-state index contributed by atoms with van der Waals surface area (Å²) in [5.74, 6) is -0.549. The molecule has 9 heteroatoms. The van der Waals surface area contributed by atoms with Gasteiger partial charge in [-0.1, -0.05) is 64.2 Å². The Morgan fingerprint density at radius 3 is 2.16 bits per heavy atom. The van der Waals surface area contributed by atoms with Crippen LogP contribution in [0.15, 0.2) is 42.5 Å². The van der Waals surface area contributed by atoms with Crippen LogP contribution in [0.1, 0.15) is 102 Å². The molecule has 3 amide bonds. The third-order valence-corrected chi connectivity index (χ3v) is 7.08. The van der Waals surface area contributed by atoms with Crippen LogP contribution in [-0.2, 0) is 20.7 Å². The summed E-state index contributed by atoms with van der Waals surface area (Å²) >= 11 is 0. The fraction of sp³-hybridized carbons (Fsp3) is 0.559. The van der Waals surface area contributed by atoms with Gasteiger partial charge < -0.3 is 30.5 Å². The highest BCUT2D eigenvalue weighted by Gasteiger charge is 2.36. The van der Waals surface area contributed by atoms with Crippen molar-refractivity contribution < 1.29 is 29.3 Å². The van der Waals surface area contributed by atoms with Crippen molar-refractivity contribution >= 4 is 17.9 Å². The maximum atomic E-state index is 14.5. The summed E-state index contributed by atoms with van der Waals surface area (Å²) in [6.45, 7) is 11.9. The Hall–Kier alpha value is -3.75. The van der Waals surface area contributed by atoms with Crippen molar-refractivity contribution in [2.45, 2.75) is 111 Å². The Labute approximate surface area is 257 Å². The average Bonchev–Trinajstić information content (AvgIpc) is 2.93. The number of phenols is 2. The van der Waals surface area contributed by atoms with E-state index in [0.717, 1.165) is 44.1 Å². The molecular formula is C34H51N3O6. The molecule has 2 aromatic carbocycles. The standard InChI is InChI=1S/C34H51N3O6/c1-7-9-11-12-13-21-37(30(31(40)35-20-10-8-2)26-16-19-29(39)24(3)22-26)32(41)28(36-33(42)43-34(4,5)6)23-25-14-17-27(38)18-15-25/h14-19,22,28,30,38-39H,7-13,20-21,23H2,1-6H3,(H,35,40)(H,36,42). The number of aromatic hydroxyl groups is 2. The molecule has 0 aliphatic carbocycles. The quantitative estimate of drug-likeness (QED) is 0.168. The Bertz CT molecular complexity index is 1180. The van der Waals surface area contributed by atoms with Gasteiger partial charge >= 0.3 is 6.09 Å². The van der Waals surface area contributed by atoms with E-state index in [4.69, 9.17) is 4.74 Å². The fourth-order valence-electron chi connectivity index (χ4n) is 4.78. The van der Waals surface area contributed by atoms with E-state index in [0.29, 0.717) is 30.6 Å². The summed E-state index contributed by atoms with van der Waals surface area (Å²) < 4.78 is 5.50. The number of nitrogens with zero attached hydrogens (tertiary/aromatic N) is 1.